The van der Waals surface area contributed by atoms with Crippen LogP contribution in [-0.4, -0.2) is 12.6 Å². The summed E-state index contributed by atoms with van der Waals surface area (Å²) < 4.78 is 5.77. The predicted molar refractivity (Wildman–Crippen MR) is 77.7 cm³/mol. The standard InChI is InChI=1S/C15H22ClNO/c1-3-9-18-15-8-7-12(16)10-14(15)17-13(4-2)11-5-6-11/h7-8,10-11,13,17H,3-6,9H2,1-2H3. The highest BCUT2D eigenvalue weighted by molar-refractivity contribution is 6.30. The van der Waals surface area contributed by atoms with Crippen LogP contribution < -0.4 is 10.1 Å². The molecule has 1 aliphatic carbocycles. The van der Waals surface area contributed by atoms with E-state index in [0.29, 0.717) is 6.04 Å². The second-order valence-electron chi connectivity index (χ2n) is 4.99. The molecule has 18 heavy (non-hydrogen) atoms. The Balaban J connectivity index is 2.10. The third-order valence-electron chi connectivity index (χ3n) is 3.38. The fraction of sp³-hybridized carbons (Fsp3) is 0.600. The molecule has 0 heterocycles. The van der Waals surface area contributed by atoms with E-state index in [0.717, 1.165) is 41.8 Å². The molecule has 0 spiro atoms. The molecule has 0 amide bonds. The van der Waals surface area contributed by atoms with Crippen LogP contribution in [0.4, 0.5) is 5.69 Å². The van der Waals surface area contributed by atoms with Gasteiger partial charge in [0, 0.05) is 11.1 Å². The Morgan fingerprint density at radius 3 is 2.78 bits per heavy atom. The van der Waals surface area contributed by atoms with E-state index in [-0.39, 0.29) is 0 Å². The Kier molecular flexibility index (Phi) is 4.76. The van der Waals surface area contributed by atoms with Crippen LogP contribution in [0.3, 0.4) is 0 Å². The first-order chi connectivity index (χ1) is 8.74. The molecular formula is C15H22ClNO. The zero-order chi connectivity index (χ0) is 13.0. The van der Waals surface area contributed by atoms with Crippen molar-refractivity contribution in [2.75, 3.05) is 11.9 Å². The lowest BCUT2D eigenvalue weighted by Gasteiger charge is -2.20. The molecule has 0 aliphatic heterocycles. The van der Waals surface area contributed by atoms with Crippen molar-refractivity contribution < 1.29 is 4.74 Å². The number of hydrogen-bond acceptors (Lipinski definition) is 2. The van der Waals surface area contributed by atoms with Crippen LogP contribution in [0.15, 0.2) is 18.2 Å². The number of nitrogens with one attached hydrogen (secondary N) is 1. The van der Waals surface area contributed by atoms with Crippen LogP contribution in [0.1, 0.15) is 39.5 Å². The molecular weight excluding hydrogens is 246 g/mol. The minimum absolute atomic E-state index is 0.549. The molecule has 0 bridgehead atoms. The van der Waals surface area contributed by atoms with E-state index in [2.05, 4.69) is 19.2 Å². The van der Waals surface area contributed by atoms with Gasteiger partial charge in [-0.1, -0.05) is 25.4 Å². The lowest BCUT2D eigenvalue weighted by molar-refractivity contribution is 0.318. The van der Waals surface area contributed by atoms with E-state index in [9.17, 15) is 0 Å². The van der Waals surface area contributed by atoms with Crippen molar-refractivity contribution in [1.82, 2.24) is 0 Å². The molecule has 100 valence electrons. The minimum atomic E-state index is 0.549. The third-order valence-corrected chi connectivity index (χ3v) is 3.61. The molecule has 2 nitrogen and oxygen atoms in total. The predicted octanol–water partition coefficient (Wildman–Crippen LogP) is 4.73. The molecule has 1 aliphatic rings. The van der Waals surface area contributed by atoms with Crippen molar-refractivity contribution in [3.8, 4) is 5.75 Å². The fourth-order valence-corrected chi connectivity index (χ4v) is 2.38. The Bertz CT molecular complexity index is 390. The highest BCUT2D eigenvalue weighted by Gasteiger charge is 2.30. The van der Waals surface area contributed by atoms with Crippen molar-refractivity contribution >= 4 is 17.3 Å². The van der Waals surface area contributed by atoms with Crippen LogP contribution in [0.2, 0.25) is 5.02 Å². The third kappa shape index (κ3) is 3.55. The highest BCUT2D eigenvalue weighted by Crippen LogP contribution is 2.37. The van der Waals surface area contributed by atoms with Crippen molar-refractivity contribution in [3.63, 3.8) is 0 Å². The topological polar surface area (TPSA) is 21.3 Å². The van der Waals surface area contributed by atoms with E-state index in [1.165, 1.54) is 12.8 Å². The molecule has 3 heteroatoms. The zero-order valence-corrected chi connectivity index (χ0v) is 12.0. The summed E-state index contributed by atoms with van der Waals surface area (Å²) in [6, 6.07) is 6.36. The maximum Gasteiger partial charge on any atom is 0.142 e. The molecule has 2 rings (SSSR count). The molecule has 1 saturated carbocycles. The van der Waals surface area contributed by atoms with Gasteiger partial charge in [0.15, 0.2) is 0 Å². The van der Waals surface area contributed by atoms with Crippen molar-refractivity contribution in [2.24, 2.45) is 5.92 Å². The van der Waals surface area contributed by atoms with Gasteiger partial charge in [-0.15, -0.1) is 0 Å². The first kappa shape index (κ1) is 13.5. The summed E-state index contributed by atoms with van der Waals surface area (Å²) in [4.78, 5) is 0. The van der Waals surface area contributed by atoms with Gasteiger partial charge in [-0.25, -0.2) is 0 Å². The van der Waals surface area contributed by atoms with Crippen LogP contribution in [0.5, 0.6) is 5.75 Å². The molecule has 1 aromatic carbocycles. The largest absolute Gasteiger partial charge is 0.491 e. The van der Waals surface area contributed by atoms with Gasteiger partial charge in [0.1, 0.15) is 5.75 Å². The number of hydrogen-bond donors (Lipinski definition) is 1. The Labute approximate surface area is 115 Å². The van der Waals surface area contributed by atoms with Gasteiger partial charge >= 0.3 is 0 Å². The minimum Gasteiger partial charge on any atom is -0.491 e. The summed E-state index contributed by atoms with van der Waals surface area (Å²) >= 11 is 6.08. The average molecular weight is 268 g/mol. The Morgan fingerprint density at radius 2 is 2.17 bits per heavy atom. The summed E-state index contributed by atoms with van der Waals surface area (Å²) in [7, 11) is 0. The van der Waals surface area contributed by atoms with Crippen LogP contribution in [-0.2, 0) is 0 Å². The van der Waals surface area contributed by atoms with Gasteiger partial charge in [-0.2, -0.15) is 0 Å². The molecule has 1 fully saturated rings. The lowest BCUT2D eigenvalue weighted by Crippen LogP contribution is -2.21. The molecule has 1 unspecified atom stereocenters. The second kappa shape index (κ2) is 6.33. The monoisotopic (exact) mass is 267 g/mol. The molecule has 1 N–H and O–H groups in total. The quantitative estimate of drug-likeness (QED) is 0.771. The van der Waals surface area contributed by atoms with Gasteiger partial charge in [0.25, 0.3) is 0 Å². The van der Waals surface area contributed by atoms with Gasteiger partial charge in [-0.3, -0.25) is 0 Å². The Morgan fingerprint density at radius 1 is 1.39 bits per heavy atom. The fourth-order valence-electron chi connectivity index (χ4n) is 2.20. The molecule has 1 atom stereocenters. The second-order valence-corrected chi connectivity index (χ2v) is 5.42. The first-order valence-corrected chi connectivity index (χ1v) is 7.31. The average Bonchev–Trinajstić information content (AvgIpc) is 3.19. The van der Waals surface area contributed by atoms with E-state index in [4.69, 9.17) is 16.3 Å². The van der Waals surface area contributed by atoms with Crippen LogP contribution in [0, 0.1) is 5.92 Å². The SMILES string of the molecule is CCCOc1ccc(Cl)cc1NC(CC)C1CC1. The van der Waals surface area contributed by atoms with Crippen LogP contribution >= 0.6 is 11.6 Å². The molecule has 0 aromatic heterocycles. The number of halogens is 1. The smallest absolute Gasteiger partial charge is 0.142 e. The maximum absolute atomic E-state index is 6.08. The van der Waals surface area contributed by atoms with E-state index < -0.39 is 0 Å². The summed E-state index contributed by atoms with van der Waals surface area (Å²) in [6.07, 6.45) is 4.85. The van der Waals surface area contributed by atoms with Gasteiger partial charge in [0.05, 0.1) is 12.3 Å². The highest BCUT2D eigenvalue weighted by atomic mass is 35.5. The van der Waals surface area contributed by atoms with E-state index in [1.54, 1.807) is 0 Å². The van der Waals surface area contributed by atoms with Gasteiger partial charge in [0.2, 0.25) is 0 Å². The molecule has 0 radical (unpaired) electrons. The number of benzene rings is 1. The van der Waals surface area contributed by atoms with E-state index >= 15 is 0 Å². The van der Waals surface area contributed by atoms with Crippen molar-refractivity contribution in [2.45, 2.75) is 45.6 Å². The van der Waals surface area contributed by atoms with Crippen molar-refractivity contribution in [1.29, 1.82) is 0 Å². The van der Waals surface area contributed by atoms with Crippen LogP contribution in [0.25, 0.3) is 0 Å². The normalized spacial score (nSPS) is 16.4. The first-order valence-electron chi connectivity index (χ1n) is 6.93. The summed E-state index contributed by atoms with van der Waals surface area (Å²) in [5.74, 6) is 1.74. The lowest BCUT2D eigenvalue weighted by atomic mass is 10.1. The molecule has 1 aromatic rings. The van der Waals surface area contributed by atoms with Gasteiger partial charge < -0.3 is 10.1 Å². The van der Waals surface area contributed by atoms with E-state index in [1.807, 2.05) is 18.2 Å². The zero-order valence-electron chi connectivity index (χ0n) is 11.2. The number of anilines is 1. The maximum atomic E-state index is 6.08. The van der Waals surface area contributed by atoms with Crippen molar-refractivity contribution in [3.05, 3.63) is 23.2 Å². The molecule has 0 saturated heterocycles. The van der Waals surface area contributed by atoms with Gasteiger partial charge in [-0.05, 0) is 49.8 Å². The number of ether oxygens (including phenoxy) is 1. The number of rotatable bonds is 7. The summed E-state index contributed by atoms with van der Waals surface area (Å²) in [5, 5.41) is 4.36. The summed E-state index contributed by atoms with van der Waals surface area (Å²) in [5.41, 5.74) is 1.04. The summed E-state index contributed by atoms with van der Waals surface area (Å²) in [6.45, 7) is 5.09. The Hall–Kier alpha value is -0.890.